The van der Waals surface area contributed by atoms with Crippen LogP contribution >= 0.6 is 0 Å². The summed E-state index contributed by atoms with van der Waals surface area (Å²) in [4.78, 5) is 16.0. The number of nitrogens with zero attached hydrogens (tertiary/aromatic N) is 1. The van der Waals surface area contributed by atoms with Gasteiger partial charge in [-0.15, -0.1) is 0 Å². The van der Waals surface area contributed by atoms with Crippen molar-refractivity contribution in [2.75, 3.05) is 19.8 Å². The Bertz CT molecular complexity index is 587. The van der Waals surface area contributed by atoms with Crippen molar-refractivity contribution >= 4 is 11.9 Å². The Morgan fingerprint density at radius 3 is 2.74 bits per heavy atom. The number of benzene rings is 1. The summed E-state index contributed by atoms with van der Waals surface area (Å²) in [7, 11) is 0. The standard InChI is InChI=1S/C22H33NO4/c1-4-5-7-10-17(2)21(27-18(3)24)13-14-25-15-20-16-26-22(23-20)19-11-8-6-9-12-19/h6,8-9,11-12,17,20-21H,4-5,7,10,13-16H2,1-3H3. The van der Waals surface area contributed by atoms with Crippen LogP contribution in [-0.2, 0) is 19.0 Å². The molecule has 0 saturated heterocycles. The van der Waals surface area contributed by atoms with E-state index in [0.29, 0.717) is 31.6 Å². The van der Waals surface area contributed by atoms with Crippen LogP contribution in [0.1, 0.15) is 58.4 Å². The van der Waals surface area contributed by atoms with E-state index < -0.39 is 0 Å². The average Bonchev–Trinajstić information content (AvgIpc) is 3.13. The second kappa shape index (κ2) is 11.8. The molecule has 0 saturated carbocycles. The normalized spacial score (nSPS) is 18.5. The number of unbranched alkanes of at least 4 members (excludes halogenated alkanes) is 2. The highest BCUT2D eigenvalue weighted by atomic mass is 16.5. The number of carbonyl (C=O) groups is 1. The van der Waals surface area contributed by atoms with Crippen LogP contribution in [0.15, 0.2) is 35.3 Å². The summed E-state index contributed by atoms with van der Waals surface area (Å²) in [5, 5.41) is 0. The van der Waals surface area contributed by atoms with E-state index in [4.69, 9.17) is 14.2 Å². The van der Waals surface area contributed by atoms with Gasteiger partial charge in [-0.3, -0.25) is 4.79 Å². The number of rotatable bonds is 12. The highest BCUT2D eigenvalue weighted by molar-refractivity contribution is 5.95. The third kappa shape index (κ3) is 7.71. The Hall–Kier alpha value is -1.88. The molecule has 0 radical (unpaired) electrons. The van der Waals surface area contributed by atoms with Crippen molar-refractivity contribution in [3.8, 4) is 0 Å². The van der Waals surface area contributed by atoms with Crippen LogP contribution in [0.2, 0.25) is 0 Å². The lowest BCUT2D eigenvalue weighted by Crippen LogP contribution is -2.26. The van der Waals surface area contributed by atoms with Crippen LogP contribution in [0.5, 0.6) is 0 Å². The van der Waals surface area contributed by atoms with Crippen LogP contribution in [0.3, 0.4) is 0 Å². The van der Waals surface area contributed by atoms with Gasteiger partial charge < -0.3 is 14.2 Å². The van der Waals surface area contributed by atoms with Gasteiger partial charge in [0.2, 0.25) is 5.90 Å². The van der Waals surface area contributed by atoms with Crippen LogP contribution in [0.25, 0.3) is 0 Å². The molecule has 0 N–H and O–H groups in total. The number of aliphatic imine (C=N–C) groups is 1. The summed E-state index contributed by atoms with van der Waals surface area (Å²) in [6.45, 7) is 7.45. The molecular formula is C22H33NO4. The highest BCUT2D eigenvalue weighted by Crippen LogP contribution is 2.19. The summed E-state index contributed by atoms with van der Waals surface area (Å²) in [6.07, 6.45) is 5.30. The van der Waals surface area contributed by atoms with Gasteiger partial charge in [0.25, 0.3) is 0 Å². The van der Waals surface area contributed by atoms with Crippen molar-refractivity contribution < 1.29 is 19.0 Å². The van der Waals surface area contributed by atoms with Gasteiger partial charge in [0.1, 0.15) is 18.8 Å². The first kappa shape index (κ1) is 21.4. The first-order chi connectivity index (χ1) is 13.1. The summed E-state index contributed by atoms with van der Waals surface area (Å²) in [5.74, 6) is 0.816. The Kier molecular flexibility index (Phi) is 9.32. The Labute approximate surface area is 163 Å². The summed E-state index contributed by atoms with van der Waals surface area (Å²) < 4.78 is 17.0. The molecule has 0 aromatic heterocycles. The average molecular weight is 376 g/mol. The molecule has 0 bridgehead atoms. The minimum atomic E-state index is -0.219. The molecule has 1 heterocycles. The number of esters is 1. The molecule has 1 aliphatic heterocycles. The first-order valence-electron chi connectivity index (χ1n) is 10.1. The molecule has 150 valence electrons. The van der Waals surface area contributed by atoms with E-state index in [0.717, 1.165) is 18.4 Å². The molecule has 5 nitrogen and oxygen atoms in total. The molecule has 0 fully saturated rings. The Morgan fingerprint density at radius 1 is 1.26 bits per heavy atom. The van der Waals surface area contributed by atoms with E-state index in [-0.39, 0.29) is 18.1 Å². The zero-order valence-corrected chi connectivity index (χ0v) is 16.9. The second-order valence-corrected chi connectivity index (χ2v) is 7.25. The van der Waals surface area contributed by atoms with E-state index in [1.54, 1.807) is 0 Å². The molecule has 3 unspecified atom stereocenters. The number of hydrogen-bond acceptors (Lipinski definition) is 5. The monoisotopic (exact) mass is 375 g/mol. The van der Waals surface area contributed by atoms with Crippen LogP contribution < -0.4 is 0 Å². The van der Waals surface area contributed by atoms with Gasteiger partial charge in [-0.05, 0) is 24.5 Å². The lowest BCUT2D eigenvalue weighted by atomic mass is 9.95. The third-order valence-corrected chi connectivity index (χ3v) is 4.80. The zero-order chi connectivity index (χ0) is 19.5. The van der Waals surface area contributed by atoms with Gasteiger partial charge in [-0.1, -0.05) is 51.3 Å². The molecule has 0 amide bonds. The fourth-order valence-corrected chi connectivity index (χ4v) is 3.23. The van der Waals surface area contributed by atoms with Crippen LogP contribution in [-0.4, -0.2) is 43.8 Å². The molecule has 1 aliphatic rings. The van der Waals surface area contributed by atoms with E-state index in [2.05, 4.69) is 18.8 Å². The minimum Gasteiger partial charge on any atom is -0.475 e. The predicted molar refractivity (Wildman–Crippen MR) is 107 cm³/mol. The molecule has 1 aromatic rings. The molecule has 27 heavy (non-hydrogen) atoms. The molecular weight excluding hydrogens is 342 g/mol. The fourth-order valence-electron chi connectivity index (χ4n) is 3.23. The van der Waals surface area contributed by atoms with E-state index >= 15 is 0 Å². The maximum absolute atomic E-state index is 11.4. The minimum absolute atomic E-state index is 0.0226. The van der Waals surface area contributed by atoms with Crippen molar-refractivity contribution in [2.24, 2.45) is 10.9 Å². The van der Waals surface area contributed by atoms with Gasteiger partial charge in [-0.2, -0.15) is 0 Å². The second-order valence-electron chi connectivity index (χ2n) is 7.25. The van der Waals surface area contributed by atoms with Gasteiger partial charge >= 0.3 is 5.97 Å². The highest BCUT2D eigenvalue weighted by Gasteiger charge is 2.22. The van der Waals surface area contributed by atoms with E-state index in [1.807, 2.05) is 30.3 Å². The van der Waals surface area contributed by atoms with E-state index in [9.17, 15) is 4.79 Å². The predicted octanol–water partition coefficient (Wildman–Crippen LogP) is 4.39. The van der Waals surface area contributed by atoms with Crippen LogP contribution in [0.4, 0.5) is 0 Å². The third-order valence-electron chi connectivity index (χ3n) is 4.80. The topological polar surface area (TPSA) is 57.1 Å². The SMILES string of the molecule is CCCCCC(C)C(CCOCC1COC(c2ccccc2)=N1)OC(C)=O. The van der Waals surface area contributed by atoms with Crippen molar-refractivity contribution in [1.82, 2.24) is 0 Å². The van der Waals surface area contributed by atoms with Crippen LogP contribution in [0, 0.1) is 5.92 Å². The van der Waals surface area contributed by atoms with Gasteiger partial charge in [-0.25, -0.2) is 4.99 Å². The van der Waals surface area contributed by atoms with Crippen molar-refractivity contribution in [2.45, 2.75) is 65.0 Å². The van der Waals surface area contributed by atoms with Crippen molar-refractivity contribution in [1.29, 1.82) is 0 Å². The number of carbonyl (C=O) groups excluding carboxylic acids is 1. The molecule has 2 rings (SSSR count). The summed E-state index contributed by atoms with van der Waals surface area (Å²) in [6, 6.07) is 9.93. The largest absolute Gasteiger partial charge is 0.475 e. The Morgan fingerprint density at radius 2 is 2.04 bits per heavy atom. The summed E-state index contributed by atoms with van der Waals surface area (Å²) in [5.41, 5.74) is 0.996. The number of ether oxygens (including phenoxy) is 3. The molecule has 0 aliphatic carbocycles. The maximum atomic E-state index is 11.4. The zero-order valence-electron chi connectivity index (χ0n) is 16.9. The molecule has 5 heteroatoms. The van der Waals surface area contributed by atoms with E-state index in [1.165, 1.54) is 26.2 Å². The van der Waals surface area contributed by atoms with Gasteiger partial charge in [0.05, 0.1) is 13.2 Å². The van der Waals surface area contributed by atoms with Gasteiger partial charge in [0.15, 0.2) is 0 Å². The first-order valence-corrected chi connectivity index (χ1v) is 10.1. The fraction of sp³-hybridized carbons (Fsp3) is 0.636. The molecule has 0 spiro atoms. The number of hydrogen-bond donors (Lipinski definition) is 0. The van der Waals surface area contributed by atoms with Crippen molar-refractivity contribution in [3.63, 3.8) is 0 Å². The van der Waals surface area contributed by atoms with Gasteiger partial charge in [0, 0.05) is 18.9 Å². The Balaban J connectivity index is 1.73. The molecule has 3 atom stereocenters. The smallest absolute Gasteiger partial charge is 0.302 e. The molecule has 1 aromatic carbocycles. The lowest BCUT2D eigenvalue weighted by Gasteiger charge is -2.24. The summed E-state index contributed by atoms with van der Waals surface area (Å²) >= 11 is 0. The van der Waals surface area contributed by atoms with Crippen molar-refractivity contribution in [3.05, 3.63) is 35.9 Å². The maximum Gasteiger partial charge on any atom is 0.302 e. The lowest BCUT2D eigenvalue weighted by molar-refractivity contribution is -0.150. The quantitative estimate of drug-likeness (QED) is 0.402.